The van der Waals surface area contributed by atoms with Crippen molar-refractivity contribution >= 4 is 11.6 Å². The van der Waals surface area contributed by atoms with Crippen molar-refractivity contribution in [3.8, 4) is 17.3 Å². The fourth-order valence-corrected chi connectivity index (χ4v) is 2.93. The molecule has 7 nitrogen and oxygen atoms in total. The standard InChI is InChI=1S/C19H17N7/c20-10-16-2-1-7-22-19(16)23-11-14-12-26(13-14)18-4-3-17(24-25-18)15-5-8-21-9-6-15/h1-9,14H,11-13H2,(H,22,23). The summed E-state index contributed by atoms with van der Waals surface area (Å²) in [5.41, 5.74) is 2.42. The number of nitrogens with zero attached hydrogens (tertiary/aromatic N) is 6. The Balaban J connectivity index is 1.31. The van der Waals surface area contributed by atoms with Crippen molar-refractivity contribution in [2.24, 2.45) is 5.92 Å². The van der Waals surface area contributed by atoms with E-state index in [1.807, 2.05) is 24.3 Å². The highest BCUT2D eigenvalue weighted by Crippen LogP contribution is 2.24. The molecule has 0 aromatic carbocycles. The first kappa shape index (κ1) is 16.0. The minimum absolute atomic E-state index is 0.491. The number of anilines is 2. The molecule has 0 radical (unpaired) electrons. The highest BCUT2D eigenvalue weighted by molar-refractivity contribution is 5.59. The predicted molar refractivity (Wildman–Crippen MR) is 98.4 cm³/mol. The molecule has 0 unspecified atom stereocenters. The number of hydrogen-bond acceptors (Lipinski definition) is 7. The number of nitriles is 1. The molecule has 1 fully saturated rings. The van der Waals surface area contributed by atoms with Gasteiger partial charge in [-0.25, -0.2) is 4.98 Å². The van der Waals surface area contributed by atoms with Crippen molar-refractivity contribution < 1.29 is 0 Å². The van der Waals surface area contributed by atoms with Gasteiger partial charge in [0.25, 0.3) is 0 Å². The largest absolute Gasteiger partial charge is 0.369 e. The molecule has 4 rings (SSSR count). The molecule has 0 bridgehead atoms. The van der Waals surface area contributed by atoms with E-state index in [2.05, 4.69) is 36.5 Å². The summed E-state index contributed by atoms with van der Waals surface area (Å²) in [5.74, 6) is 2.02. The van der Waals surface area contributed by atoms with Crippen molar-refractivity contribution in [3.63, 3.8) is 0 Å². The Bertz CT molecular complexity index is 913. The van der Waals surface area contributed by atoms with Crippen LogP contribution in [0.4, 0.5) is 11.6 Å². The monoisotopic (exact) mass is 343 g/mol. The zero-order valence-corrected chi connectivity index (χ0v) is 14.1. The van der Waals surface area contributed by atoms with Crippen molar-refractivity contribution in [1.29, 1.82) is 5.26 Å². The fraction of sp³-hybridized carbons (Fsp3) is 0.211. The number of rotatable bonds is 5. The van der Waals surface area contributed by atoms with Gasteiger partial charge in [0.05, 0.1) is 11.3 Å². The van der Waals surface area contributed by atoms with Crippen LogP contribution in [0.5, 0.6) is 0 Å². The van der Waals surface area contributed by atoms with E-state index in [-0.39, 0.29) is 0 Å². The summed E-state index contributed by atoms with van der Waals surface area (Å²) in [5, 5.41) is 21.0. The highest BCUT2D eigenvalue weighted by atomic mass is 15.3. The summed E-state index contributed by atoms with van der Waals surface area (Å²) < 4.78 is 0. The van der Waals surface area contributed by atoms with Gasteiger partial charge in [-0.1, -0.05) is 0 Å². The van der Waals surface area contributed by atoms with E-state index in [4.69, 9.17) is 5.26 Å². The van der Waals surface area contributed by atoms with Gasteiger partial charge in [-0.15, -0.1) is 10.2 Å². The summed E-state index contributed by atoms with van der Waals surface area (Å²) in [6, 6.07) is 13.5. The quantitative estimate of drug-likeness (QED) is 0.760. The molecular weight excluding hydrogens is 326 g/mol. The second-order valence-electron chi connectivity index (χ2n) is 6.18. The molecule has 7 heteroatoms. The van der Waals surface area contributed by atoms with Crippen LogP contribution in [0, 0.1) is 17.2 Å². The lowest BCUT2D eigenvalue weighted by atomic mass is 10.00. The van der Waals surface area contributed by atoms with Gasteiger partial charge < -0.3 is 10.2 Å². The van der Waals surface area contributed by atoms with E-state index in [0.29, 0.717) is 17.3 Å². The maximum atomic E-state index is 9.09. The molecule has 0 aliphatic carbocycles. The molecule has 1 aliphatic rings. The van der Waals surface area contributed by atoms with Crippen molar-refractivity contribution in [1.82, 2.24) is 20.2 Å². The zero-order chi connectivity index (χ0) is 17.8. The van der Waals surface area contributed by atoms with Crippen LogP contribution in [0.25, 0.3) is 11.3 Å². The van der Waals surface area contributed by atoms with E-state index in [1.165, 1.54) is 0 Å². The summed E-state index contributed by atoms with van der Waals surface area (Å²) in [6.07, 6.45) is 5.19. The number of nitrogens with one attached hydrogen (secondary N) is 1. The Morgan fingerprint density at radius 1 is 1.08 bits per heavy atom. The van der Waals surface area contributed by atoms with E-state index in [9.17, 15) is 0 Å². The molecule has 0 amide bonds. The van der Waals surface area contributed by atoms with Gasteiger partial charge in [0.15, 0.2) is 5.82 Å². The summed E-state index contributed by atoms with van der Waals surface area (Å²) >= 11 is 0. The average Bonchev–Trinajstić information content (AvgIpc) is 2.68. The van der Waals surface area contributed by atoms with Crippen molar-refractivity contribution in [2.75, 3.05) is 29.9 Å². The Kier molecular flexibility index (Phi) is 4.39. The van der Waals surface area contributed by atoms with E-state index in [0.717, 1.165) is 36.7 Å². The zero-order valence-electron chi connectivity index (χ0n) is 14.1. The van der Waals surface area contributed by atoms with E-state index >= 15 is 0 Å². The fourth-order valence-electron chi connectivity index (χ4n) is 2.93. The second-order valence-corrected chi connectivity index (χ2v) is 6.18. The summed E-state index contributed by atoms with van der Waals surface area (Å²) in [7, 11) is 0. The third-order valence-corrected chi connectivity index (χ3v) is 4.39. The van der Waals surface area contributed by atoms with Crippen molar-refractivity contribution in [3.05, 3.63) is 60.6 Å². The molecular formula is C19H17N7. The SMILES string of the molecule is N#Cc1cccnc1NCC1CN(c2ccc(-c3ccncc3)nn2)C1. The Hall–Kier alpha value is -3.53. The predicted octanol–water partition coefficient (Wildman–Crippen LogP) is 2.35. The lowest BCUT2D eigenvalue weighted by molar-refractivity contribution is 0.425. The second kappa shape index (κ2) is 7.15. The molecule has 0 spiro atoms. The minimum Gasteiger partial charge on any atom is -0.369 e. The normalized spacial score (nSPS) is 13.7. The smallest absolute Gasteiger partial charge is 0.151 e. The Morgan fingerprint density at radius 2 is 1.92 bits per heavy atom. The van der Waals surface area contributed by atoms with Crippen molar-refractivity contribution in [2.45, 2.75) is 0 Å². The molecule has 3 aromatic rings. The van der Waals surface area contributed by atoms with E-state index < -0.39 is 0 Å². The van der Waals surface area contributed by atoms with Gasteiger partial charge in [0.2, 0.25) is 0 Å². The maximum Gasteiger partial charge on any atom is 0.151 e. The third-order valence-electron chi connectivity index (χ3n) is 4.39. The minimum atomic E-state index is 0.491. The molecule has 4 heterocycles. The topological polar surface area (TPSA) is 90.6 Å². The van der Waals surface area contributed by atoms with Gasteiger partial charge in [-0.05, 0) is 36.4 Å². The van der Waals surface area contributed by atoms with Crippen LogP contribution in [0.1, 0.15) is 5.56 Å². The number of pyridine rings is 2. The first-order valence-electron chi connectivity index (χ1n) is 8.41. The van der Waals surface area contributed by atoms with Crippen LogP contribution >= 0.6 is 0 Å². The average molecular weight is 343 g/mol. The first-order chi connectivity index (χ1) is 12.8. The van der Waals surface area contributed by atoms with Gasteiger partial charge >= 0.3 is 0 Å². The maximum absolute atomic E-state index is 9.09. The molecule has 1 saturated heterocycles. The molecule has 1 aliphatic heterocycles. The number of aromatic nitrogens is 4. The van der Waals surface area contributed by atoms with Crippen LogP contribution in [0.2, 0.25) is 0 Å². The molecule has 26 heavy (non-hydrogen) atoms. The molecule has 0 saturated carbocycles. The Labute approximate surface area is 151 Å². The Morgan fingerprint density at radius 3 is 2.65 bits per heavy atom. The highest BCUT2D eigenvalue weighted by Gasteiger charge is 2.28. The van der Waals surface area contributed by atoms with Crippen LogP contribution in [-0.2, 0) is 0 Å². The third kappa shape index (κ3) is 3.30. The summed E-state index contributed by atoms with van der Waals surface area (Å²) in [4.78, 5) is 10.4. The van der Waals surface area contributed by atoms with Gasteiger partial charge in [0.1, 0.15) is 11.9 Å². The first-order valence-corrected chi connectivity index (χ1v) is 8.41. The lowest BCUT2D eigenvalue weighted by Gasteiger charge is -2.40. The van der Waals surface area contributed by atoms with Crippen LogP contribution in [0.3, 0.4) is 0 Å². The molecule has 0 atom stereocenters. The van der Waals surface area contributed by atoms with Gasteiger partial charge in [0, 0.05) is 49.7 Å². The lowest BCUT2D eigenvalue weighted by Crippen LogP contribution is -2.50. The van der Waals surface area contributed by atoms with Crippen LogP contribution in [-0.4, -0.2) is 39.8 Å². The van der Waals surface area contributed by atoms with Crippen LogP contribution in [0.15, 0.2) is 55.0 Å². The number of hydrogen-bond donors (Lipinski definition) is 1. The molecule has 128 valence electrons. The molecule has 3 aromatic heterocycles. The van der Waals surface area contributed by atoms with Gasteiger partial charge in [-0.2, -0.15) is 5.26 Å². The van der Waals surface area contributed by atoms with Gasteiger partial charge in [-0.3, -0.25) is 4.98 Å². The van der Waals surface area contributed by atoms with E-state index in [1.54, 1.807) is 30.7 Å². The molecule has 1 N–H and O–H groups in total. The van der Waals surface area contributed by atoms with Crippen LogP contribution < -0.4 is 10.2 Å². The summed E-state index contributed by atoms with van der Waals surface area (Å²) in [6.45, 7) is 2.60.